The number of pyridine rings is 1. The Kier molecular flexibility index (Phi) is 6.32. The molecule has 0 saturated heterocycles. The minimum absolute atomic E-state index is 0.0279. The fourth-order valence-corrected chi connectivity index (χ4v) is 4.36. The van der Waals surface area contributed by atoms with Crippen LogP contribution in [0.1, 0.15) is 63.8 Å². The number of carbonyl (C=O) groups excluding carboxylic acids is 1. The number of hydrogen-bond acceptors (Lipinski definition) is 4. The summed E-state index contributed by atoms with van der Waals surface area (Å²) in [6, 6.07) is 10.0. The second-order valence-electron chi connectivity index (χ2n) is 8.47. The normalized spacial score (nSPS) is 12.1. The minimum Gasteiger partial charge on any atom is -0.364 e. The Morgan fingerprint density at radius 2 is 1.83 bits per heavy atom. The number of nitrogens with zero attached hydrogens (tertiary/aromatic N) is 3. The predicted octanol–water partition coefficient (Wildman–Crippen LogP) is 5.42. The van der Waals surface area contributed by atoms with Crippen molar-refractivity contribution < 1.29 is 4.79 Å². The molecule has 0 radical (unpaired) electrons. The lowest BCUT2D eigenvalue weighted by Gasteiger charge is -2.23. The van der Waals surface area contributed by atoms with Crippen LogP contribution in [0.5, 0.6) is 0 Å². The molecule has 0 spiro atoms. The van der Waals surface area contributed by atoms with Gasteiger partial charge in [0.05, 0.1) is 11.0 Å². The number of nitrogens with two attached hydrogens (primary N) is 1. The number of hydrogen-bond donors (Lipinski definition) is 1. The third-order valence-corrected chi connectivity index (χ3v) is 6.18. The third-order valence-electron chi connectivity index (χ3n) is 5.21. The number of amides is 1. The standard InChI is InChI=1S/C23H30N4OS/c1-6-15(7-2)14-27-20-9-8-16(12-18(20)26-22(27)23(3,4)5)29-17-10-11-25-19(13-17)21(24)28/h8-13,15H,6-7,14H2,1-5H3,(H2,24,28). The fraction of sp³-hybridized carbons (Fsp3) is 0.435. The van der Waals surface area contributed by atoms with Gasteiger partial charge in [0.1, 0.15) is 11.5 Å². The van der Waals surface area contributed by atoms with Crippen LogP contribution < -0.4 is 5.73 Å². The molecule has 6 heteroatoms. The molecule has 0 aliphatic rings. The Balaban J connectivity index is 1.99. The molecule has 154 valence electrons. The molecule has 3 aromatic rings. The van der Waals surface area contributed by atoms with Crippen LogP contribution in [-0.2, 0) is 12.0 Å². The summed E-state index contributed by atoms with van der Waals surface area (Å²) in [7, 11) is 0. The van der Waals surface area contributed by atoms with Gasteiger partial charge in [-0.25, -0.2) is 4.98 Å². The van der Waals surface area contributed by atoms with Crippen molar-refractivity contribution in [2.75, 3.05) is 0 Å². The third kappa shape index (κ3) is 4.81. The van der Waals surface area contributed by atoms with E-state index in [0.29, 0.717) is 5.92 Å². The molecule has 0 fully saturated rings. The molecule has 0 bridgehead atoms. The monoisotopic (exact) mass is 410 g/mol. The molecule has 1 aromatic carbocycles. The molecular weight excluding hydrogens is 380 g/mol. The predicted molar refractivity (Wildman–Crippen MR) is 119 cm³/mol. The Labute approximate surface area is 177 Å². The van der Waals surface area contributed by atoms with Crippen molar-refractivity contribution in [3.05, 3.63) is 48.0 Å². The second-order valence-corrected chi connectivity index (χ2v) is 9.62. The van der Waals surface area contributed by atoms with E-state index in [1.807, 2.05) is 6.07 Å². The Morgan fingerprint density at radius 3 is 2.45 bits per heavy atom. The number of rotatable bonds is 7. The van der Waals surface area contributed by atoms with Crippen LogP contribution in [0.25, 0.3) is 11.0 Å². The van der Waals surface area contributed by atoms with Gasteiger partial charge in [-0.2, -0.15) is 0 Å². The average molecular weight is 411 g/mol. The molecule has 0 atom stereocenters. The first-order valence-electron chi connectivity index (χ1n) is 10.2. The van der Waals surface area contributed by atoms with Gasteiger partial charge in [0.25, 0.3) is 5.91 Å². The van der Waals surface area contributed by atoms with Crippen LogP contribution in [0.2, 0.25) is 0 Å². The Bertz CT molecular complexity index is 1020. The Morgan fingerprint density at radius 1 is 1.14 bits per heavy atom. The highest BCUT2D eigenvalue weighted by Crippen LogP contribution is 2.33. The zero-order valence-corrected chi connectivity index (χ0v) is 18.7. The molecule has 5 nitrogen and oxygen atoms in total. The number of carbonyl (C=O) groups is 1. The van der Waals surface area contributed by atoms with Crippen molar-refractivity contribution in [3.63, 3.8) is 0 Å². The van der Waals surface area contributed by atoms with E-state index in [-0.39, 0.29) is 11.1 Å². The minimum atomic E-state index is -0.516. The SMILES string of the molecule is CCC(CC)Cn1c(C(C)(C)C)nc2cc(Sc3ccnc(C(N)=O)c3)ccc21. The summed E-state index contributed by atoms with van der Waals surface area (Å²) in [4.78, 5) is 22.4. The summed E-state index contributed by atoms with van der Waals surface area (Å²) < 4.78 is 2.40. The van der Waals surface area contributed by atoms with Gasteiger partial charge in [0.2, 0.25) is 0 Å². The summed E-state index contributed by atoms with van der Waals surface area (Å²) in [6.07, 6.45) is 3.94. The van der Waals surface area contributed by atoms with E-state index in [0.717, 1.165) is 40.5 Å². The molecule has 2 heterocycles. The molecule has 0 aliphatic carbocycles. The maximum absolute atomic E-state index is 11.4. The number of benzene rings is 1. The molecular formula is C23H30N4OS. The molecule has 3 rings (SSSR count). The maximum atomic E-state index is 11.4. The highest BCUT2D eigenvalue weighted by atomic mass is 32.2. The first-order valence-corrected chi connectivity index (χ1v) is 11.0. The quantitative estimate of drug-likeness (QED) is 0.565. The van der Waals surface area contributed by atoms with E-state index in [4.69, 9.17) is 10.7 Å². The van der Waals surface area contributed by atoms with Crippen molar-refractivity contribution >= 4 is 28.7 Å². The molecule has 0 unspecified atom stereocenters. The Hall–Kier alpha value is -2.34. The second kappa shape index (κ2) is 8.57. The average Bonchev–Trinajstić information content (AvgIpc) is 3.04. The number of primary amides is 1. The van der Waals surface area contributed by atoms with E-state index in [1.165, 1.54) is 5.52 Å². The molecule has 0 aliphatic heterocycles. The summed E-state index contributed by atoms with van der Waals surface area (Å²) in [5.41, 5.74) is 7.79. The van der Waals surface area contributed by atoms with Crippen LogP contribution in [0.3, 0.4) is 0 Å². The van der Waals surface area contributed by atoms with Gasteiger partial charge < -0.3 is 10.3 Å². The van der Waals surface area contributed by atoms with Crippen molar-refractivity contribution in [2.45, 2.75) is 69.2 Å². The number of imidazole rings is 1. The van der Waals surface area contributed by atoms with Crippen molar-refractivity contribution in [1.29, 1.82) is 0 Å². The van der Waals surface area contributed by atoms with Gasteiger partial charge >= 0.3 is 0 Å². The molecule has 2 N–H and O–H groups in total. The lowest BCUT2D eigenvalue weighted by Crippen LogP contribution is -2.21. The van der Waals surface area contributed by atoms with Gasteiger partial charge in [-0.15, -0.1) is 0 Å². The fourth-order valence-electron chi connectivity index (χ4n) is 3.48. The zero-order chi connectivity index (χ0) is 21.2. The van der Waals surface area contributed by atoms with E-state index in [2.05, 4.69) is 62.4 Å². The first-order chi connectivity index (χ1) is 13.7. The number of aromatic nitrogens is 3. The van der Waals surface area contributed by atoms with Crippen molar-refractivity contribution in [1.82, 2.24) is 14.5 Å². The van der Waals surface area contributed by atoms with Gasteiger partial charge in [0.15, 0.2) is 0 Å². The lowest BCUT2D eigenvalue weighted by molar-refractivity contribution is 0.0995. The highest BCUT2D eigenvalue weighted by molar-refractivity contribution is 7.99. The van der Waals surface area contributed by atoms with Gasteiger partial charge in [0, 0.05) is 27.9 Å². The van der Waals surface area contributed by atoms with Gasteiger partial charge in [-0.3, -0.25) is 9.78 Å². The topological polar surface area (TPSA) is 73.8 Å². The zero-order valence-electron chi connectivity index (χ0n) is 17.9. The van der Waals surface area contributed by atoms with Gasteiger partial charge in [-0.1, -0.05) is 59.2 Å². The first kappa shape index (κ1) is 21.4. The maximum Gasteiger partial charge on any atom is 0.267 e. The van der Waals surface area contributed by atoms with Crippen molar-refractivity contribution in [3.8, 4) is 0 Å². The van der Waals surface area contributed by atoms with Gasteiger partial charge in [-0.05, 0) is 36.2 Å². The van der Waals surface area contributed by atoms with Crippen LogP contribution in [0.4, 0.5) is 0 Å². The molecule has 29 heavy (non-hydrogen) atoms. The van der Waals surface area contributed by atoms with Crippen molar-refractivity contribution in [2.24, 2.45) is 11.7 Å². The lowest BCUT2D eigenvalue weighted by atomic mass is 9.95. The van der Waals surface area contributed by atoms with Crippen LogP contribution in [0, 0.1) is 5.92 Å². The smallest absolute Gasteiger partial charge is 0.267 e. The van der Waals surface area contributed by atoms with E-state index < -0.39 is 5.91 Å². The van der Waals surface area contributed by atoms with Crippen LogP contribution in [0.15, 0.2) is 46.3 Å². The summed E-state index contributed by atoms with van der Waals surface area (Å²) in [5.74, 6) is 1.26. The van der Waals surface area contributed by atoms with E-state index >= 15 is 0 Å². The van der Waals surface area contributed by atoms with Crippen LogP contribution in [-0.4, -0.2) is 20.4 Å². The summed E-state index contributed by atoms with van der Waals surface area (Å²) in [5, 5.41) is 0. The largest absolute Gasteiger partial charge is 0.364 e. The number of fused-ring (bicyclic) bond motifs is 1. The van der Waals surface area contributed by atoms with E-state index in [9.17, 15) is 4.79 Å². The summed E-state index contributed by atoms with van der Waals surface area (Å²) in [6.45, 7) is 12.2. The molecule has 0 saturated carbocycles. The molecule has 1 amide bonds. The summed E-state index contributed by atoms with van der Waals surface area (Å²) >= 11 is 1.58. The van der Waals surface area contributed by atoms with E-state index in [1.54, 1.807) is 24.0 Å². The highest BCUT2D eigenvalue weighted by Gasteiger charge is 2.24. The van der Waals surface area contributed by atoms with Crippen LogP contribution >= 0.6 is 11.8 Å². The molecule has 2 aromatic heterocycles.